The second kappa shape index (κ2) is 7.07. The second-order valence-corrected chi connectivity index (χ2v) is 4.60. The fourth-order valence-corrected chi connectivity index (χ4v) is 1.68. The molecule has 1 aromatic carbocycles. The average molecular weight is 294 g/mol. The highest BCUT2D eigenvalue weighted by Crippen LogP contribution is 2.11. The van der Waals surface area contributed by atoms with Crippen molar-refractivity contribution >= 4 is 21.8 Å². The van der Waals surface area contributed by atoms with E-state index in [0.717, 1.165) is 5.56 Å². The number of rotatable bonds is 5. The molecule has 1 aromatic rings. The summed E-state index contributed by atoms with van der Waals surface area (Å²) < 4.78 is 0.387. The lowest BCUT2D eigenvalue weighted by atomic mass is 10.2. The number of amides is 1. The summed E-state index contributed by atoms with van der Waals surface area (Å²) in [7, 11) is 0. The fourth-order valence-electron chi connectivity index (χ4n) is 1.43. The van der Waals surface area contributed by atoms with Crippen molar-refractivity contribution in [2.24, 2.45) is 0 Å². The van der Waals surface area contributed by atoms with Crippen molar-refractivity contribution in [3.8, 4) is 0 Å². The number of allylic oxidation sites excluding steroid dienone is 1. The first kappa shape index (κ1) is 13.7. The van der Waals surface area contributed by atoms with Crippen LogP contribution in [-0.4, -0.2) is 17.4 Å². The molecule has 2 nitrogen and oxygen atoms in total. The van der Waals surface area contributed by atoms with Crippen LogP contribution in [-0.2, 0) is 11.3 Å². The van der Waals surface area contributed by atoms with E-state index in [1.807, 2.05) is 49.4 Å². The Bertz CT molecular complexity index is 411. The number of carbonyl (C=O) groups excluding carboxylic acids is 1. The molecule has 0 fully saturated rings. The molecule has 0 bridgehead atoms. The lowest BCUT2D eigenvalue weighted by molar-refractivity contribution is -0.126. The molecular weight excluding hydrogens is 278 g/mol. The van der Waals surface area contributed by atoms with Crippen LogP contribution in [0.3, 0.4) is 0 Å². The van der Waals surface area contributed by atoms with Crippen LogP contribution in [0.1, 0.15) is 12.5 Å². The Hall–Kier alpha value is -1.35. The summed E-state index contributed by atoms with van der Waals surface area (Å²) >= 11 is 3.14. The third kappa shape index (κ3) is 4.57. The van der Waals surface area contributed by atoms with E-state index in [9.17, 15) is 4.79 Å². The largest absolute Gasteiger partial charge is 0.330 e. The third-order valence-corrected chi connectivity index (χ3v) is 2.64. The van der Waals surface area contributed by atoms with Crippen molar-refractivity contribution in [2.75, 3.05) is 6.54 Å². The average Bonchev–Trinajstić information content (AvgIpc) is 2.34. The maximum Gasteiger partial charge on any atom is 0.260 e. The summed E-state index contributed by atoms with van der Waals surface area (Å²) in [6.45, 7) is 6.75. The highest BCUT2D eigenvalue weighted by atomic mass is 79.9. The first-order valence-corrected chi connectivity index (χ1v) is 6.23. The van der Waals surface area contributed by atoms with E-state index in [4.69, 9.17) is 0 Å². The van der Waals surface area contributed by atoms with Crippen LogP contribution >= 0.6 is 15.9 Å². The second-order valence-electron chi connectivity index (χ2n) is 3.65. The van der Waals surface area contributed by atoms with Gasteiger partial charge in [-0.2, -0.15) is 0 Å². The molecule has 0 aliphatic carbocycles. The quantitative estimate of drug-likeness (QED) is 0.601. The topological polar surface area (TPSA) is 20.3 Å². The molecular formula is C14H16BrNO. The zero-order valence-electron chi connectivity index (χ0n) is 9.90. The molecule has 0 radical (unpaired) electrons. The number of hydrogen-bond acceptors (Lipinski definition) is 1. The van der Waals surface area contributed by atoms with Gasteiger partial charge in [-0.1, -0.05) is 49.1 Å². The van der Waals surface area contributed by atoms with Crippen molar-refractivity contribution in [1.29, 1.82) is 0 Å². The molecule has 0 N–H and O–H groups in total. The van der Waals surface area contributed by atoms with E-state index >= 15 is 0 Å². The molecule has 0 aliphatic heterocycles. The molecule has 17 heavy (non-hydrogen) atoms. The number of hydrogen-bond donors (Lipinski definition) is 0. The summed E-state index contributed by atoms with van der Waals surface area (Å²) in [5.74, 6) is -0.0769. The van der Waals surface area contributed by atoms with E-state index in [2.05, 4.69) is 22.5 Å². The van der Waals surface area contributed by atoms with Gasteiger partial charge in [0.2, 0.25) is 0 Å². The van der Waals surface area contributed by atoms with Crippen LogP contribution in [0.5, 0.6) is 0 Å². The van der Waals surface area contributed by atoms with Crippen LogP contribution in [0.25, 0.3) is 0 Å². The van der Waals surface area contributed by atoms with Gasteiger partial charge < -0.3 is 4.90 Å². The molecule has 0 atom stereocenters. The highest BCUT2D eigenvalue weighted by Gasteiger charge is 2.13. The van der Waals surface area contributed by atoms with Gasteiger partial charge in [-0.25, -0.2) is 0 Å². The van der Waals surface area contributed by atoms with Gasteiger partial charge in [-0.3, -0.25) is 4.79 Å². The molecule has 3 heteroatoms. The van der Waals surface area contributed by atoms with Crippen LogP contribution in [0, 0.1) is 0 Å². The lowest BCUT2D eigenvalue weighted by Crippen LogP contribution is -2.30. The molecule has 1 amide bonds. The van der Waals surface area contributed by atoms with Crippen molar-refractivity contribution < 1.29 is 4.79 Å². The Morgan fingerprint density at radius 3 is 2.59 bits per heavy atom. The number of nitrogens with zero attached hydrogens (tertiary/aromatic N) is 1. The minimum atomic E-state index is -0.0769. The molecule has 1 rings (SSSR count). The van der Waals surface area contributed by atoms with Gasteiger partial charge in [-0.05, 0) is 28.4 Å². The van der Waals surface area contributed by atoms with Crippen molar-refractivity contribution in [2.45, 2.75) is 13.5 Å². The minimum Gasteiger partial charge on any atom is -0.330 e. The molecule has 90 valence electrons. The summed E-state index contributed by atoms with van der Waals surface area (Å²) in [5, 5.41) is 0. The van der Waals surface area contributed by atoms with Gasteiger partial charge in [-0.15, -0.1) is 0 Å². The molecule has 0 aromatic heterocycles. The predicted octanol–water partition coefficient (Wildman–Crippen LogP) is 3.50. The van der Waals surface area contributed by atoms with Crippen molar-refractivity contribution in [3.05, 3.63) is 59.1 Å². The van der Waals surface area contributed by atoms with Crippen LogP contribution in [0.2, 0.25) is 0 Å². The van der Waals surface area contributed by atoms with E-state index in [-0.39, 0.29) is 5.91 Å². The third-order valence-electron chi connectivity index (χ3n) is 2.30. The maximum atomic E-state index is 11.9. The number of benzene rings is 1. The molecule has 0 saturated heterocycles. The van der Waals surface area contributed by atoms with Gasteiger partial charge in [0.05, 0.1) is 4.48 Å². The normalized spacial score (nSPS) is 10.5. The van der Waals surface area contributed by atoms with Crippen LogP contribution < -0.4 is 0 Å². The van der Waals surface area contributed by atoms with E-state index in [1.54, 1.807) is 4.90 Å². The zero-order valence-corrected chi connectivity index (χ0v) is 11.5. The SMILES string of the molecule is C=C(Br)C(=O)N(C/C=C/C)Cc1ccccc1. The first-order valence-electron chi connectivity index (χ1n) is 5.44. The first-order chi connectivity index (χ1) is 8.15. The van der Waals surface area contributed by atoms with E-state index < -0.39 is 0 Å². The summed E-state index contributed by atoms with van der Waals surface area (Å²) in [4.78, 5) is 13.6. The maximum absolute atomic E-state index is 11.9. The Morgan fingerprint density at radius 1 is 1.41 bits per heavy atom. The standard InChI is InChI=1S/C14H16BrNO/c1-3-4-10-16(14(17)12(2)15)11-13-8-6-5-7-9-13/h3-9H,2,10-11H2,1H3/b4-3+. The molecule has 0 aliphatic rings. The zero-order chi connectivity index (χ0) is 12.7. The number of halogens is 1. The van der Waals surface area contributed by atoms with Crippen molar-refractivity contribution in [1.82, 2.24) is 4.90 Å². The Balaban J connectivity index is 2.77. The monoisotopic (exact) mass is 293 g/mol. The predicted molar refractivity (Wildman–Crippen MR) is 74.7 cm³/mol. The Kier molecular flexibility index (Phi) is 5.70. The molecule has 0 spiro atoms. The fraction of sp³-hybridized carbons (Fsp3) is 0.214. The minimum absolute atomic E-state index is 0.0769. The van der Waals surface area contributed by atoms with Gasteiger partial charge in [0.15, 0.2) is 0 Å². The van der Waals surface area contributed by atoms with E-state index in [1.165, 1.54) is 0 Å². The van der Waals surface area contributed by atoms with E-state index in [0.29, 0.717) is 17.6 Å². The lowest BCUT2D eigenvalue weighted by Gasteiger charge is -2.20. The molecule has 0 heterocycles. The summed E-state index contributed by atoms with van der Waals surface area (Å²) in [6, 6.07) is 9.91. The van der Waals surface area contributed by atoms with Crippen LogP contribution in [0.4, 0.5) is 0 Å². The van der Waals surface area contributed by atoms with Crippen LogP contribution in [0.15, 0.2) is 53.5 Å². The van der Waals surface area contributed by atoms with Gasteiger partial charge in [0.25, 0.3) is 5.91 Å². The molecule has 0 saturated carbocycles. The summed E-state index contributed by atoms with van der Waals surface area (Å²) in [6.07, 6.45) is 3.89. The number of carbonyl (C=O) groups is 1. The van der Waals surface area contributed by atoms with Gasteiger partial charge >= 0.3 is 0 Å². The van der Waals surface area contributed by atoms with Gasteiger partial charge in [0, 0.05) is 13.1 Å². The Morgan fingerprint density at radius 2 is 2.06 bits per heavy atom. The molecule has 0 unspecified atom stereocenters. The smallest absolute Gasteiger partial charge is 0.260 e. The highest BCUT2D eigenvalue weighted by molar-refractivity contribution is 9.12. The van der Waals surface area contributed by atoms with Crippen molar-refractivity contribution in [3.63, 3.8) is 0 Å². The van der Waals surface area contributed by atoms with Gasteiger partial charge in [0.1, 0.15) is 0 Å². The summed E-state index contributed by atoms with van der Waals surface area (Å²) in [5.41, 5.74) is 1.11. The Labute approximate surface area is 111 Å².